The van der Waals surface area contributed by atoms with Crippen LogP contribution in [0.3, 0.4) is 0 Å². The minimum atomic E-state index is 0.989. The van der Waals surface area contributed by atoms with Gasteiger partial charge in [-0.15, -0.1) is 0 Å². The second-order valence-electron chi connectivity index (χ2n) is 3.06. The highest BCUT2D eigenvalue weighted by Gasteiger charge is 2.02. The van der Waals surface area contributed by atoms with E-state index < -0.39 is 0 Å². The lowest BCUT2D eigenvalue weighted by atomic mass is 10.1. The summed E-state index contributed by atoms with van der Waals surface area (Å²) in [6.45, 7) is 2.20. The molecule has 0 aliphatic rings. The van der Waals surface area contributed by atoms with Gasteiger partial charge in [0.15, 0.2) is 0 Å². The molecule has 0 fully saturated rings. The van der Waals surface area contributed by atoms with Crippen LogP contribution in [0.4, 0.5) is 0 Å². The average molecular weight is 243 g/mol. The lowest BCUT2D eigenvalue weighted by Gasteiger charge is -2.07. The summed E-state index contributed by atoms with van der Waals surface area (Å²) in [5.41, 5.74) is 1.30. The van der Waals surface area contributed by atoms with E-state index >= 15 is 0 Å². The van der Waals surface area contributed by atoms with Gasteiger partial charge in [-0.1, -0.05) is 35.3 Å². The fourth-order valence-electron chi connectivity index (χ4n) is 1.29. The van der Waals surface area contributed by atoms with Crippen molar-refractivity contribution in [3.63, 3.8) is 0 Å². The van der Waals surface area contributed by atoms with Gasteiger partial charge in [0.1, 0.15) is 5.75 Å². The number of hydrogen-bond donors (Lipinski definition) is 0. The molecule has 1 aromatic carbocycles. The van der Waals surface area contributed by atoms with Crippen LogP contribution in [-0.2, 0) is 6.42 Å². The van der Waals surface area contributed by atoms with Gasteiger partial charge in [0.25, 0.3) is 0 Å². The third kappa shape index (κ3) is 3.03. The molecule has 0 radical (unpaired) electrons. The number of unbranched alkanes of at least 4 members (excludes halogenated alkanes) is 1. The molecule has 0 aliphatic carbocycles. The molecule has 1 aromatic rings. The van der Waals surface area contributed by atoms with E-state index in [0.29, 0.717) is 0 Å². The number of hydrogen-bond acceptors (Lipinski definition) is 1. The maximum absolute atomic E-state index is 5.29. The number of aryl methyl sites for hydroxylation is 1. The van der Waals surface area contributed by atoms with E-state index in [0.717, 1.165) is 16.6 Å². The molecule has 0 saturated carbocycles. The summed E-state index contributed by atoms with van der Waals surface area (Å²) in [7, 11) is 1.72. The quantitative estimate of drug-likeness (QED) is 0.781. The Morgan fingerprint density at radius 1 is 1.38 bits per heavy atom. The summed E-state index contributed by atoms with van der Waals surface area (Å²) in [4.78, 5) is 0. The number of benzene rings is 1. The van der Waals surface area contributed by atoms with Crippen molar-refractivity contribution in [2.75, 3.05) is 7.11 Å². The summed E-state index contributed by atoms with van der Waals surface area (Å²) in [5, 5.41) is 0. The van der Waals surface area contributed by atoms with Crippen LogP contribution in [0.15, 0.2) is 22.7 Å². The van der Waals surface area contributed by atoms with Crippen molar-refractivity contribution >= 4 is 15.9 Å². The van der Waals surface area contributed by atoms with Crippen LogP contribution in [0.25, 0.3) is 0 Å². The first-order chi connectivity index (χ1) is 6.27. The molecule has 0 bridgehead atoms. The van der Waals surface area contributed by atoms with Gasteiger partial charge < -0.3 is 4.74 Å². The van der Waals surface area contributed by atoms with Gasteiger partial charge in [0.05, 0.1) is 7.11 Å². The maximum atomic E-state index is 5.29. The molecule has 0 amide bonds. The summed E-state index contributed by atoms with van der Waals surface area (Å²) in [6, 6.07) is 6.21. The van der Waals surface area contributed by atoms with Crippen LogP contribution in [0.5, 0.6) is 5.75 Å². The lowest BCUT2D eigenvalue weighted by molar-refractivity contribution is 0.408. The fraction of sp³-hybridized carbons (Fsp3) is 0.455. The van der Waals surface area contributed by atoms with E-state index in [1.165, 1.54) is 18.4 Å². The molecule has 1 nitrogen and oxygen atoms in total. The average Bonchev–Trinajstić information content (AvgIpc) is 2.16. The Kier molecular flexibility index (Phi) is 4.29. The highest BCUT2D eigenvalue weighted by Crippen LogP contribution is 2.24. The molecular weight excluding hydrogens is 228 g/mol. The van der Waals surface area contributed by atoms with E-state index in [1.807, 2.05) is 6.07 Å². The second kappa shape index (κ2) is 5.28. The molecule has 0 atom stereocenters. The molecule has 72 valence electrons. The van der Waals surface area contributed by atoms with Crippen LogP contribution in [0, 0.1) is 0 Å². The third-order valence-electron chi connectivity index (χ3n) is 2.05. The topological polar surface area (TPSA) is 9.23 Å². The minimum Gasteiger partial charge on any atom is -0.496 e. The molecule has 0 spiro atoms. The Hall–Kier alpha value is -0.500. The summed E-state index contributed by atoms with van der Waals surface area (Å²) in [5.74, 6) is 0.989. The molecule has 0 heterocycles. The van der Waals surface area contributed by atoms with E-state index in [-0.39, 0.29) is 0 Å². The molecule has 13 heavy (non-hydrogen) atoms. The largest absolute Gasteiger partial charge is 0.496 e. The number of ether oxygens (including phenoxy) is 1. The van der Waals surface area contributed by atoms with Crippen molar-refractivity contribution in [2.24, 2.45) is 0 Å². The van der Waals surface area contributed by atoms with Gasteiger partial charge in [-0.25, -0.2) is 0 Å². The molecule has 1 rings (SSSR count). The molecule has 0 aliphatic heterocycles. The number of methoxy groups -OCH3 is 1. The van der Waals surface area contributed by atoms with Crippen molar-refractivity contribution in [3.8, 4) is 5.75 Å². The predicted molar refractivity (Wildman–Crippen MR) is 59.3 cm³/mol. The number of halogens is 1. The maximum Gasteiger partial charge on any atom is 0.123 e. The van der Waals surface area contributed by atoms with Crippen molar-refractivity contribution in [2.45, 2.75) is 26.2 Å². The van der Waals surface area contributed by atoms with Gasteiger partial charge in [-0.3, -0.25) is 0 Å². The molecule has 0 N–H and O–H groups in total. The van der Waals surface area contributed by atoms with Gasteiger partial charge in [-0.2, -0.15) is 0 Å². The third-order valence-corrected chi connectivity index (χ3v) is 2.54. The van der Waals surface area contributed by atoms with Gasteiger partial charge in [0, 0.05) is 4.47 Å². The van der Waals surface area contributed by atoms with Gasteiger partial charge in [-0.05, 0) is 30.5 Å². The predicted octanol–water partition coefficient (Wildman–Crippen LogP) is 3.80. The first-order valence-electron chi connectivity index (χ1n) is 4.60. The molecular formula is C11H15BrO. The second-order valence-corrected chi connectivity index (χ2v) is 3.98. The van der Waals surface area contributed by atoms with E-state index in [1.54, 1.807) is 7.11 Å². The summed E-state index contributed by atoms with van der Waals surface area (Å²) in [6.07, 6.45) is 3.55. The van der Waals surface area contributed by atoms with Crippen LogP contribution >= 0.6 is 15.9 Å². The monoisotopic (exact) mass is 242 g/mol. The Morgan fingerprint density at radius 3 is 2.77 bits per heavy atom. The van der Waals surface area contributed by atoms with Crippen LogP contribution in [-0.4, -0.2) is 7.11 Å². The van der Waals surface area contributed by atoms with E-state index in [9.17, 15) is 0 Å². The minimum absolute atomic E-state index is 0.989. The van der Waals surface area contributed by atoms with Gasteiger partial charge in [0.2, 0.25) is 0 Å². The fourth-order valence-corrected chi connectivity index (χ4v) is 1.63. The molecule has 0 saturated heterocycles. The highest BCUT2D eigenvalue weighted by atomic mass is 79.9. The summed E-state index contributed by atoms with van der Waals surface area (Å²) >= 11 is 3.43. The smallest absolute Gasteiger partial charge is 0.123 e. The van der Waals surface area contributed by atoms with Crippen LogP contribution in [0.2, 0.25) is 0 Å². The van der Waals surface area contributed by atoms with Crippen molar-refractivity contribution in [1.82, 2.24) is 0 Å². The van der Waals surface area contributed by atoms with Crippen LogP contribution < -0.4 is 4.74 Å². The molecule has 0 aromatic heterocycles. The van der Waals surface area contributed by atoms with Gasteiger partial charge >= 0.3 is 0 Å². The van der Waals surface area contributed by atoms with E-state index in [2.05, 4.69) is 35.0 Å². The zero-order valence-corrected chi connectivity index (χ0v) is 9.73. The Bertz CT molecular complexity index is 271. The summed E-state index contributed by atoms with van der Waals surface area (Å²) < 4.78 is 6.37. The molecule has 0 unspecified atom stereocenters. The molecule has 2 heteroatoms. The Labute approximate surface area is 88.2 Å². The Morgan fingerprint density at radius 2 is 2.15 bits per heavy atom. The first kappa shape index (κ1) is 10.6. The van der Waals surface area contributed by atoms with E-state index in [4.69, 9.17) is 4.74 Å². The lowest BCUT2D eigenvalue weighted by Crippen LogP contribution is -1.91. The zero-order chi connectivity index (χ0) is 9.68. The SMILES string of the molecule is CCCCc1ccc(Br)cc1OC. The van der Waals surface area contributed by atoms with Crippen molar-refractivity contribution in [3.05, 3.63) is 28.2 Å². The van der Waals surface area contributed by atoms with Crippen molar-refractivity contribution < 1.29 is 4.74 Å². The van der Waals surface area contributed by atoms with Crippen LogP contribution in [0.1, 0.15) is 25.3 Å². The first-order valence-corrected chi connectivity index (χ1v) is 5.39. The zero-order valence-electron chi connectivity index (χ0n) is 8.14. The normalized spacial score (nSPS) is 10.1. The standard InChI is InChI=1S/C11H15BrO/c1-3-4-5-9-6-7-10(12)8-11(9)13-2/h6-8H,3-5H2,1-2H3. The highest BCUT2D eigenvalue weighted by molar-refractivity contribution is 9.10. The Balaban J connectivity index is 2.79. The van der Waals surface area contributed by atoms with Crippen molar-refractivity contribution in [1.29, 1.82) is 0 Å². The number of rotatable bonds is 4.